The van der Waals surface area contributed by atoms with Crippen LogP contribution in [0.25, 0.3) is 0 Å². The largest absolute Gasteiger partial charge is 0.497 e. The van der Waals surface area contributed by atoms with E-state index >= 15 is 0 Å². The zero-order chi connectivity index (χ0) is 22.4. The van der Waals surface area contributed by atoms with Gasteiger partial charge in [0.2, 0.25) is 5.91 Å². The molecule has 7 heteroatoms. The van der Waals surface area contributed by atoms with E-state index in [0.29, 0.717) is 5.96 Å². The van der Waals surface area contributed by atoms with Crippen molar-refractivity contribution >= 4 is 11.9 Å². The van der Waals surface area contributed by atoms with Crippen LogP contribution in [0.5, 0.6) is 5.75 Å². The highest BCUT2D eigenvalue weighted by atomic mass is 16.5. The van der Waals surface area contributed by atoms with Gasteiger partial charge in [-0.2, -0.15) is 0 Å². The molecule has 0 aromatic heterocycles. The number of hydrogen-bond acceptors (Lipinski definition) is 4. The van der Waals surface area contributed by atoms with Crippen LogP contribution in [0.1, 0.15) is 39.2 Å². The number of nitrogens with one attached hydrogen (secondary N) is 2. The molecule has 1 rings (SSSR count). The van der Waals surface area contributed by atoms with Crippen LogP contribution in [-0.2, 0) is 11.2 Å². The molecule has 0 aliphatic heterocycles. The van der Waals surface area contributed by atoms with E-state index in [4.69, 9.17) is 4.74 Å². The molecular formula is C23H41N5O2. The number of carbonyl (C=O) groups is 1. The molecule has 0 spiro atoms. The van der Waals surface area contributed by atoms with Gasteiger partial charge in [-0.05, 0) is 63.5 Å². The van der Waals surface area contributed by atoms with Crippen molar-refractivity contribution in [3.8, 4) is 5.75 Å². The molecule has 1 aromatic carbocycles. The third kappa shape index (κ3) is 10.5. The molecule has 0 saturated heterocycles. The maximum absolute atomic E-state index is 11.9. The molecular weight excluding hydrogens is 378 g/mol. The number of rotatable bonds is 13. The Morgan fingerprint density at radius 1 is 1.17 bits per heavy atom. The molecule has 30 heavy (non-hydrogen) atoms. The van der Waals surface area contributed by atoms with E-state index in [0.717, 1.165) is 51.2 Å². The van der Waals surface area contributed by atoms with Gasteiger partial charge >= 0.3 is 0 Å². The van der Waals surface area contributed by atoms with Crippen LogP contribution in [0, 0.1) is 0 Å². The van der Waals surface area contributed by atoms with E-state index in [2.05, 4.69) is 53.4 Å². The number of carbonyl (C=O) groups excluding carboxylic acids is 1. The molecule has 170 valence electrons. The molecule has 0 bridgehead atoms. The minimum atomic E-state index is -0.0135. The Kier molecular flexibility index (Phi) is 12.6. The highest BCUT2D eigenvalue weighted by Crippen LogP contribution is 2.11. The first-order chi connectivity index (χ1) is 14.4. The second-order valence-electron chi connectivity index (χ2n) is 7.69. The van der Waals surface area contributed by atoms with E-state index in [1.165, 1.54) is 5.56 Å². The van der Waals surface area contributed by atoms with Crippen molar-refractivity contribution in [1.29, 1.82) is 0 Å². The fourth-order valence-corrected chi connectivity index (χ4v) is 3.02. The summed E-state index contributed by atoms with van der Waals surface area (Å²) in [7, 11) is 5.17. The normalized spacial score (nSPS) is 12.6. The van der Waals surface area contributed by atoms with Crippen molar-refractivity contribution < 1.29 is 9.53 Å². The van der Waals surface area contributed by atoms with Crippen LogP contribution in [0.2, 0.25) is 0 Å². The second kappa shape index (κ2) is 14.7. The Morgan fingerprint density at radius 2 is 1.83 bits per heavy atom. The number of benzene rings is 1. The van der Waals surface area contributed by atoms with Crippen molar-refractivity contribution in [3.63, 3.8) is 0 Å². The molecule has 1 atom stereocenters. The molecule has 0 aliphatic carbocycles. The number of hydrogen-bond donors (Lipinski definition) is 2. The zero-order valence-corrected chi connectivity index (χ0v) is 19.7. The van der Waals surface area contributed by atoms with E-state index in [1.54, 1.807) is 26.1 Å². The fourth-order valence-electron chi connectivity index (χ4n) is 3.02. The maximum atomic E-state index is 11.9. The first kappa shape index (κ1) is 25.8. The summed E-state index contributed by atoms with van der Waals surface area (Å²) < 4.78 is 5.21. The van der Waals surface area contributed by atoms with Crippen LogP contribution in [0.3, 0.4) is 0 Å². The van der Waals surface area contributed by atoms with Crippen LogP contribution in [0.4, 0.5) is 0 Å². The Labute approximate surface area is 182 Å². The summed E-state index contributed by atoms with van der Waals surface area (Å²) in [6.07, 6.45) is 3.05. The van der Waals surface area contributed by atoms with Gasteiger partial charge in [-0.1, -0.05) is 26.0 Å². The number of nitrogens with zero attached hydrogens (tertiary/aromatic N) is 3. The van der Waals surface area contributed by atoms with Gasteiger partial charge in [0, 0.05) is 26.7 Å². The second-order valence-corrected chi connectivity index (χ2v) is 7.69. The Balaban J connectivity index is 2.57. The zero-order valence-electron chi connectivity index (χ0n) is 19.7. The highest BCUT2D eigenvalue weighted by molar-refractivity contribution is 5.84. The van der Waals surface area contributed by atoms with Gasteiger partial charge in [0.15, 0.2) is 5.96 Å². The van der Waals surface area contributed by atoms with Crippen molar-refractivity contribution in [2.24, 2.45) is 4.99 Å². The van der Waals surface area contributed by atoms with Gasteiger partial charge < -0.3 is 25.2 Å². The molecule has 2 N–H and O–H groups in total. The third-order valence-electron chi connectivity index (χ3n) is 5.13. The van der Waals surface area contributed by atoms with Crippen molar-refractivity contribution in [2.45, 2.75) is 46.1 Å². The highest BCUT2D eigenvalue weighted by Gasteiger charge is 2.09. The summed E-state index contributed by atoms with van der Waals surface area (Å²) >= 11 is 0. The van der Waals surface area contributed by atoms with Gasteiger partial charge in [0.1, 0.15) is 12.3 Å². The molecule has 1 amide bonds. The summed E-state index contributed by atoms with van der Waals surface area (Å²) in [5.41, 5.74) is 1.22. The Bertz CT molecular complexity index is 627. The van der Waals surface area contributed by atoms with Crippen LogP contribution >= 0.6 is 0 Å². The number of methoxy groups -OCH3 is 1. The minimum absolute atomic E-state index is 0.0135. The molecule has 0 saturated carbocycles. The Morgan fingerprint density at radius 3 is 2.40 bits per heavy atom. The van der Waals surface area contributed by atoms with E-state index < -0.39 is 0 Å². The van der Waals surface area contributed by atoms with Gasteiger partial charge in [-0.25, -0.2) is 4.99 Å². The lowest BCUT2D eigenvalue weighted by Gasteiger charge is -2.21. The first-order valence-electron chi connectivity index (χ1n) is 11.0. The first-order valence-corrected chi connectivity index (χ1v) is 11.0. The summed E-state index contributed by atoms with van der Waals surface area (Å²) in [6, 6.07) is 8.35. The third-order valence-corrected chi connectivity index (χ3v) is 5.13. The van der Waals surface area contributed by atoms with Crippen molar-refractivity contribution in [3.05, 3.63) is 29.8 Å². The molecule has 1 unspecified atom stereocenters. The molecule has 0 radical (unpaired) electrons. The fraction of sp³-hybridized carbons (Fsp3) is 0.652. The average molecular weight is 420 g/mol. The standard InChI is InChI=1S/C23H41N5O2/c1-7-28(8-2)17-9-10-19(3)26-23(25-18-22(29)27(4)5)24-16-15-20-11-13-21(30-6)14-12-20/h11-14,19H,7-10,15-18H2,1-6H3,(H2,24,25,26). The predicted octanol–water partition coefficient (Wildman–Crippen LogP) is 2.37. The molecule has 0 aliphatic rings. The summed E-state index contributed by atoms with van der Waals surface area (Å²) in [6.45, 7) is 10.7. The Hall–Kier alpha value is -2.28. The lowest BCUT2D eigenvalue weighted by molar-refractivity contribution is -0.127. The monoisotopic (exact) mass is 419 g/mol. The number of aliphatic imine (C=N–C) groups is 1. The van der Waals surface area contributed by atoms with Crippen LogP contribution in [-0.4, -0.2) is 81.6 Å². The quantitative estimate of drug-likeness (QED) is 0.379. The molecule has 7 nitrogen and oxygen atoms in total. The number of amides is 1. The average Bonchev–Trinajstić information content (AvgIpc) is 2.75. The van der Waals surface area contributed by atoms with Gasteiger partial charge in [0.05, 0.1) is 7.11 Å². The molecule has 0 heterocycles. The van der Waals surface area contributed by atoms with Crippen LogP contribution < -0.4 is 15.4 Å². The van der Waals surface area contributed by atoms with Crippen molar-refractivity contribution in [2.75, 3.05) is 53.9 Å². The maximum Gasteiger partial charge on any atom is 0.243 e. The van der Waals surface area contributed by atoms with E-state index in [1.807, 2.05) is 12.1 Å². The number of guanidine groups is 1. The van der Waals surface area contributed by atoms with E-state index in [-0.39, 0.29) is 18.5 Å². The molecule has 0 fully saturated rings. The topological polar surface area (TPSA) is 69.2 Å². The van der Waals surface area contributed by atoms with Crippen molar-refractivity contribution in [1.82, 2.24) is 20.4 Å². The van der Waals surface area contributed by atoms with E-state index in [9.17, 15) is 4.79 Å². The SMILES string of the molecule is CCN(CC)CCCC(C)NC(=NCC(=O)N(C)C)NCCc1ccc(OC)cc1. The lowest BCUT2D eigenvalue weighted by Crippen LogP contribution is -2.44. The van der Waals surface area contributed by atoms with Gasteiger partial charge in [-0.3, -0.25) is 4.79 Å². The summed E-state index contributed by atoms with van der Waals surface area (Å²) in [5.74, 6) is 1.53. The van der Waals surface area contributed by atoms with Crippen LogP contribution in [0.15, 0.2) is 29.3 Å². The van der Waals surface area contributed by atoms with Gasteiger partial charge in [-0.15, -0.1) is 0 Å². The summed E-state index contributed by atoms with van der Waals surface area (Å²) in [5, 5.41) is 6.83. The summed E-state index contributed by atoms with van der Waals surface area (Å²) in [4.78, 5) is 20.4. The smallest absolute Gasteiger partial charge is 0.243 e. The number of ether oxygens (including phenoxy) is 1. The lowest BCUT2D eigenvalue weighted by atomic mass is 10.1. The predicted molar refractivity (Wildman–Crippen MR) is 125 cm³/mol. The minimum Gasteiger partial charge on any atom is -0.497 e. The van der Waals surface area contributed by atoms with Gasteiger partial charge in [0.25, 0.3) is 0 Å². The molecule has 1 aromatic rings. The number of likely N-dealkylation sites (N-methyl/N-ethyl adjacent to an activating group) is 1.